The second-order valence-electron chi connectivity index (χ2n) is 9.57. The first-order valence-electron chi connectivity index (χ1n) is 10.2. The molecule has 3 saturated carbocycles. The summed E-state index contributed by atoms with van der Waals surface area (Å²) in [7, 11) is 1.84. The molecule has 0 aliphatic heterocycles. The molecule has 0 spiro atoms. The van der Waals surface area contributed by atoms with E-state index in [2.05, 4.69) is 13.8 Å². The molecule has 0 bridgehead atoms. The molecule has 0 aromatic carbocycles. The fraction of sp³-hybridized carbons (Fsp3) is 0.864. The molecule has 2 nitrogen and oxygen atoms in total. The van der Waals surface area contributed by atoms with E-state index in [9.17, 15) is 4.79 Å². The zero-order valence-corrected chi connectivity index (χ0v) is 15.8. The highest BCUT2D eigenvalue weighted by Crippen LogP contribution is 2.66. The van der Waals surface area contributed by atoms with Gasteiger partial charge in [-0.15, -0.1) is 0 Å². The number of carbonyl (C=O) groups is 1. The average Bonchev–Trinajstić information content (AvgIpc) is 2.90. The van der Waals surface area contributed by atoms with E-state index < -0.39 is 0 Å². The molecule has 4 aliphatic rings. The van der Waals surface area contributed by atoms with Gasteiger partial charge in [-0.2, -0.15) is 0 Å². The molecule has 0 amide bonds. The lowest BCUT2D eigenvalue weighted by Gasteiger charge is -2.58. The zero-order valence-electron chi connectivity index (χ0n) is 15.8. The van der Waals surface area contributed by atoms with Crippen LogP contribution in [0.3, 0.4) is 0 Å². The Kier molecular flexibility index (Phi) is 4.18. The third-order valence-electron chi connectivity index (χ3n) is 8.83. The molecule has 0 aromatic heterocycles. The van der Waals surface area contributed by atoms with E-state index >= 15 is 0 Å². The Labute approximate surface area is 147 Å². The number of fused-ring (bicyclic) bond motifs is 5. The van der Waals surface area contributed by atoms with Crippen LogP contribution in [0.1, 0.15) is 71.6 Å². The number of carbonyl (C=O) groups excluding carboxylic acids is 1. The predicted molar refractivity (Wildman–Crippen MR) is 96.7 cm³/mol. The van der Waals surface area contributed by atoms with Crippen LogP contribution in [0, 0.1) is 34.5 Å². The number of ketones is 1. The molecule has 4 rings (SSSR count). The molecule has 134 valence electrons. The number of methoxy groups -OCH3 is 1. The highest BCUT2D eigenvalue weighted by Gasteiger charge is 2.58. The summed E-state index contributed by atoms with van der Waals surface area (Å²) in [5.41, 5.74) is 2.36. The summed E-state index contributed by atoms with van der Waals surface area (Å²) >= 11 is 0. The molecule has 0 heterocycles. The van der Waals surface area contributed by atoms with Gasteiger partial charge in [0.25, 0.3) is 0 Å². The number of hydrogen-bond donors (Lipinski definition) is 0. The van der Waals surface area contributed by atoms with Crippen molar-refractivity contribution in [3.8, 4) is 0 Å². The van der Waals surface area contributed by atoms with Crippen molar-refractivity contribution in [2.24, 2.45) is 34.5 Å². The fourth-order valence-electron chi connectivity index (χ4n) is 7.40. The Morgan fingerprint density at radius 2 is 1.92 bits per heavy atom. The molecule has 6 atom stereocenters. The van der Waals surface area contributed by atoms with E-state index in [1.54, 1.807) is 0 Å². The van der Waals surface area contributed by atoms with E-state index in [0.29, 0.717) is 16.6 Å². The van der Waals surface area contributed by atoms with Crippen molar-refractivity contribution in [1.82, 2.24) is 0 Å². The minimum atomic E-state index is 0.322. The van der Waals surface area contributed by atoms with Crippen molar-refractivity contribution in [2.45, 2.75) is 71.6 Å². The maximum atomic E-state index is 11.9. The number of rotatable bonds is 3. The van der Waals surface area contributed by atoms with Gasteiger partial charge in [-0.05, 0) is 91.9 Å². The fourth-order valence-corrected chi connectivity index (χ4v) is 7.40. The summed E-state index contributed by atoms with van der Waals surface area (Å²) in [5, 5.41) is 0. The molecule has 3 fully saturated rings. The Morgan fingerprint density at radius 3 is 2.71 bits per heavy atom. The van der Waals surface area contributed by atoms with E-state index in [1.165, 1.54) is 50.5 Å². The second-order valence-corrected chi connectivity index (χ2v) is 9.57. The molecule has 0 unspecified atom stereocenters. The summed E-state index contributed by atoms with van der Waals surface area (Å²) < 4.78 is 5.39. The quantitative estimate of drug-likeness (QED) is 0.713. The Hall–Kier alpha value is -0.630. The van der Waals surface area contributed by atoms with Crippen molar-refractivity contribution < 1.29 is 9.53 Å². The Balaban J connectivity index is 1.59. The monoisotopic (exact) mass is 330 g/mol. The van der Waals surface area contributed by atoms with Gasteiger partial charge in [0.15, 0.2) is 5.78 Å². The largest absolute Gasteiger partial charge is 0.385 e. The van der Waals surface area contributed by atoms with Gasteiger partial charge in [-0.3, -0.25) is 4.79 Å². The normalized spacial score (nSPS) is 47.6. The zero-order chi connectivity index (χ0) is 16.9. The molecular weight excluding hydrogens is 296 g/mol. The van der Waals surface area contributed by atoms with Crippen LogP contribution in [-0.2, 0) is 9.53 Å². The van der Waals surface area contributed by atoms with Gasteiger partial charge < -0.3 is 4.74 Å². The summed E-state index contributed by atoms with van der Waals surface area (Å²) in [6.45, 7) is 6.01. The first kappa shape index (κ1) is 16.8. The molecule has 0 radical (unpaired) electrons. The van der Waals surface area contributed by atoms with Gasteiger partial charge in [0.05, 0.1) is 0 Å². The van der Waals surface area contributed by atoms with E-state index in [0.717, 1.165) is 43.1 Å². The van der Waals surface area contributed by atoms with Gasteiger partial charge in [-0.1, -0.05) is 19.4 Å². The summed E-state index contributed by atoms with van der Waals surface area (Å²) in [4.78, 5) is 11.9. The summed E-state index contributed by atoms with van der Waals surface area (Å²) in [6.07, 6.45) is 13.3. The van der Waals surface area contributed by atoms with Gasteiger partial charge >= 0.3 is 0 Å². The topological polar surface area (TPSA) is 26.3 Å². The molecule has 2 heteroatoms. The van der Waals surface area contributed by atoms with Crippen molar-refractivity contribution in [1.29, 1.82) is 0 Å². The van der Waals surface area contributed by atoms with E-state index in [1.807, 2.05) is 13.2 Å². The van der Waals surface area contributed by atoms with Crippen LogP contribution in [-0.4, -0.2) is 19.5 Å². The Morgan fingerprint density at radius 1 is 1.08 bits per heavy atom. The van der Waals surface area contributed by atoms with Gasteiger partial charge in [-0.25, -0.2) is 0 Å². The van der Waals surface area contributed by atoms with Gasteiger partial charge in [0.2, 0.25) is 0 Å². The molecular formula is C22H34O2. The number of hydrogen-bond acceptors (Lipinski definition) is 2. The van der Waals surface area contributed by atoms with Gasteiger partial charge in [0.1, 0.15) is 0 Å². The first-order chi connectivity index (χ1) is 11.5. The second kappa shape index (κ2) is 5.97. The van der Waals surface area contributed by atoms with E-state index in [4.69, 9.17) is 4.74 Å². The summed E-state index contributed by atoms with van der Waals surface area (Å²) in [6, 6.07) is 0. The highest BCUT2D eigenvalue weighted by molar-refractivity contribution is 5.91. The lowest BCUT2D eigenvalue weighted by Crippen LogP contribution is -2.50. The average molecular weight is 331 g/mol. The standard InChI is InChI=1S/C22H34O2/c1-21-12-9-20-18(19(21)7-5-15(21)10-13-24-3)6-4-16-14-17(23)8-11-22(16,20)2/h14-15,18-20H,4-13H2,1-3H3/t15-,18+,19+,20+,21-,22+/m1/s1. The molecule has 0 N–H and O–H groups in total. The maximum Gasteiger partial charge on any atom is 0.155 e. The Bertz CT molecular complexity index is 550. The van der Waals surface area contributed by atoms with Crippen molar-refractivity contribution in [2.75, 3.05) is 13.7 Å². The van der Waals surface area contributed by atoms with Crippen LogP contribution in [0.5, 0.6) is 0 Å². The smallest absolute Gasteiger partial charge is 0.155 e. The minimum Gasteiger partial charge on any atom is -0.385 e. The van der Waals surface area contributed by atoms with Crippen LogP contribution in [0.4, 0.5) is 0 Å². The van der Waals surface area contributed by atoms with Crippen LogP contribution < -0.4 is 0 Å². The van der Waals surface area contributed by atoms with Crippen molar-refractivity contribution in [3.63, 3.8) is 0 Å². The third kappa shape index (κ3) is 2.35. The van der Waals surface area contributed by atoms with Gasteiger partial charge in [0, 0.05) is 20.1 Å². The van der Waals surface area contributed by atoms with Crippen LogP contribution in [0.15, 0.2) is 11.6 Å². The lowest BCUT2D eigenvalue weighted by atomic mass is 9.47. The maximum absolute atomic E-state index is 11.9. The lowest BCUT2D eigenvalue weighted by molar-refractivity contribution is -0.117. The SMILES string of the molecule is COCC[C@H]1CC[C@H]2[C@@H]3CCC4=CC(=O)CC[C@]4(C)[C@H]3CC[C@]12C. The molecule has 4 aliphatic carbocycles. The molecule has 0 aromatic rings. The summed E-state index contributed by atoms with van der Waals surface area (Å²) in [5.74, 6) is 3.87. The van der Waals surface area contributed by atoms with Crippen LogP contribution in [0.25, 0.3) is 0 Å². The predicted octanol–water partition coefficient (Wildman–Crippen LogP) is 5.17. The number of ether oxygens (including phenoxy) is 1. The molecule has 0 saturated heterocycles. The van der Waals surface area contributed by atoms with Crippen LogP contribution >= 0.6 is 0 Å². The third-order valence-corrected chi connectivity index (χ3v) is 8.83. The van der Waals surface area contributed by atoms with Crippen molar-refractivity contribution in [3.05, 3.63) is 11.6 Å². The highest BCUT2D eigenvalue weighted by atomic mass is 16.5. The van der Waals surface area contributed by atoms with E-state index in [-0.39, 0.29) is 0 Å². The first-order valence-corrected chi connectivity index (χ1v) is 10.2. The van der Waals surface area contributed by atoms with Crippen LogP contribution in [0.2, 0.25) is 0 Å². The van der Waals surface area contributed by atoms with Crippen molar-refractivity contribution >= 4 is 5.78 Å². The molecule has 24 heavy (non-hydrogen) atoms. The number of allylic oxidation sites excluding steroid dienone is 1. The minimum absolute atomic E-state index is 0.322.